The number of fused-ring (bicyclic) bond motifs is 1. The number of aromatic nitrogens is 1. The van der Waals surface area contributed by atoms with Crippen molar-refractivity contribution in [2.75, 3.05) is 11.6 Å². The van der Waals surface area contributed by atoms with Crippen molar-refractivity contribution in [3.8, 4) is 11.3 Å². The molecule has 0 saturated heterocycles. The number of nitrogens with zero attached hydrogens (tertiary/aromatic N) is 1. The van der Waals surface area contributed by atoms with Crippen molar-refractivity contribution in [2.45, 2.75) is 11.4 Å². The van der Waals surface area contributed by atoms with E-state index in [9.17, 15) is 8.42 Å². The molecule has 0 unspecified atom stereocenters. The largest absolute Gasteiger partial charge is 0.381 e. The third kappa shape index (κ3) is 4.29. The Kier molecular flexibility index (Phi) is 5.69. The zero-order valence-electron chi connectivity index (χ0n) is 16.1. The zero-order valence-corrected chi connectivity index (χ0v) is 18.4. The number of sulfone groups is 1. The van der Waals surface area contributed by atoms with E-state index in [0.29, 0.717) is 16.6 Å². The van der Waals surface area contributed by atoms with E-state index in [1.165, 1.54) is 6.07 Å². The second-order valence-electron chi connectivity index (χ2n) is 6.95. The molecule has 0 aliphatic heterocycles. The number of nitrogens with one attached hydrogen (secondary N) is 1. The highest BCUT2D eigenvalue weighted by Gasteiger charge is 2.12. The van der Waals surface area contributed by atoms with Crippen LogP contribution in [0.25, 0.3) is 22.0 Å². The van der Waals surface area contributed by atoms with Crippen molar-refractivity contribution >= 4 is 49.5 Å². The van der Waals surface area contributed by atoms with E-state index in [-0.39, 0.29) is 4.90 Å². The lowest BCUT2D eigenvalue weighted by atomic mass is 10.0. The van der Waals surface area contributed by atoms with Crippen LogP contribution in [0.5, 0.6) is 0 Å². The van der Waals surface area contributed by atoms with Gasteiger partial charge in [0.05, 0.1) is 15.6 Å². The quantitative estimate of drug-likeness (QED) is 0.386. The molecule has 0 fully saturated rings. The Balaban J connectivity index is 1.63. The van der Waals surface area contributed by atoms with E-state index >= 15 is 0 Å². The van der Waals surface area contributed by atoms with Gasteiger partial charge in [-0.25, -0.2) is 8.42 Å². The Hall–Kier alpha value is -2.60. The average molecular weight is 457 g/mol. The molecule has 4 nitrogen and oxygen atoms in total. The molecule has 0 radical (unpaired) electrons. The van der Waals surface area contributed by atoms with Crippen LogP contribution in [0.15, 0.2) is 77.8 Å². The SMILES string of the molecule is CS(=O)(=O)c1ccc(CNc2ccc(Cl)c(-c3nccc4ccccc34)c2)c(Cl)c1. The molecule has 1 N–H and O–H groups in total. The lowest BCUT2D eigenvalue weighted by Gasteiger charge is -2.13. The molecule has 152 valence electrons. The van der Waals surface area contributed by atoms with E-state index in [4.69, 9.17) is 23.2 Å². The van der Waals surface area contributed by atoms with Crippen molar-refractivity contribution in [3.05, 3.63) is 88.5 Å². The summed E-state index contributed by atoms with van der Waals surface area (Å²) in [5, 5.41) is 6.45. The number of pyridine rings is 1. The molecule has 0 atom stereocenters. The summed E-state index contributed by atoms with van der Waals surface area (Å²) in [6.45, 7) is 0.437. The summed E-state index contributed by atoms with van der Waals surface area (Å²) in [4.78, 5) is 4.75. The van der Waals surface area contributed by atoms with Gasteiger partial charge in [-0.15, -0.1) is 0 Å². The molecule has 4 rings (SSSR count). The number of anilines is 1. The van der Waals surface area contributed by atoms with Gasteiger partial charge in [0.2, 0.25) is 0 Å². The van der Waals surface area contributed by atoms with Crippen LogP contribution in [0, 0.1) is 0 Å². The molecular weight excluding hydrogens is 439 g/mol. The Labute approximate surface area is 185 Å². The fraction of sp³-hybridized carbons (Fsp3) is 0.0870. The van der Waals surface area contributed by atoms with Crippen LogP contribution in [0.2, 0.25) is 10.0 Å². The molecule has 4 aromatic rings. The maximum Gasteiger partial charge on any atom is 0.175 e. The summed E-state index contributed by atoms with van der Waals surface area (Å²) in [6, 6.07) is 20.4. The van der Waals surface area contributed by atoms with Crippen molar-refractivity contribution in [2.24, 2.45) is 0 Å². The van der Waals surface area contributed by atoms with Gasteiger partial charge in [-0.3, -0.25) is 4.98 Å². The number of halogens is 2. The van der Waals surface area contributed by atoms with E-state index in [2.05, 4.69) is 10.3 Å². The van der Waals surface area contributed by atoms with Gasteiger partial charge in [-0.1, -0.05) is 53.5 Å². The molecule has 0 amide bonds. The monoisotopic (exact) mass is 456 g/mol. The van der Waals surface area contributed by atoms with Gasteiger partial charge in [0.15, 0.2) is 9.84 Å². The molecule has 0 aliphatic carbocycles. The van der Waals surface area contributed by atoms with E-state index in [1.807, 2.05) is 48.5 Å². The first-order valence-electron chi connectivity index (χ1n) is 9.19. The number of rotatable bonds is 5. The summed E-state index contributed by atoms with van der Waals surface area (Å²) in [5.41, 5.74) is 3.30. The molecule has 7 heteroatoms. The van der Waals surface area contributed by atoms with Crippen molar-refractivity contribution in [3.63, 3.8) is 0 Å². The van der Waals surface area contributed by atoms with Crippen LogP contribution in [0.1, 0.15) is 5.56 Å². The molecule has 1 heterocycles. The first-order chi connectivity index (χ1) is 14.3. The average Bonchev–Trinajstić information content (AvgIpc) is 2.73. The van der Waals surface area contributed by atoms with Crippen molar-refractivity contribution in [1.29, 1.82) is 0 Å². The number of hydrogen-bond donors (Lipinski definition) is 1. The smallest absolute Gasteiger partial charge is 0.175 e. The van der Waals surface area contributed by atoms with Crippen LogP contribution >= 0.6 is 23.2 Å². The molecule has 0 saturated carbocycles. The van der Waals surface area contributed by atoms with E-state index in [1.54, 1.807) is 18.3 Å². The Morgan fingerprint density at radius 1 is 0.933 bits per heavy atom. The molecule has 3 aromatic carbocycles. The van der Waals surface area contributed by atoms with Crippen LogP contribution in [0.4, 0.5) is 5.69 Å². The summed E-state index contributed by atoms with van der Waals surface area (Å²) >= 11 is 12.8. The number of benzene rings is 3. The lowest BCUT2D eigenvalue weighted by Crippen LogP contribution is -2.02. The highest BCUT2D eigenvalue weighted by atomic mass is 35.5. The molecule has 0 aliphatic rings. The predicted octanol–water partition coefficient (Wildman–Crippen LogP) is 6.22. The second-order valence-corrected chi connectivity index (χ2v) is 9.78. The Morgan fingerprint density at radius 2 is 1.73 bits per heavy atom. The molecule has 0 spiro atoms. The lowest BCUT2D eigenvalue weighted by molar-refractivity contribution is 0.602. The highest BCUT2D eigenvalue weighted by molar-refractivity contribution is 7.90. The van der Waals surface area contributed by atoms with Gasteiger partial charge in [0.25, 0.3) is 0 Å². The first kappa shape index (κ1) is 20.7. The van der Waals surface area contributed by atoms with Crippen LogP contribution < -0.4 is 5.32 Å². The fourth-order valence-corrected chi connectivity index (χ4v) is 4.42. The van der Waals surface area contributed by atoms with Crippen LogP contribution in [-0.2, 0) is 16.4 Å². The standard InChI is InChI=1S/C23H18Cl2N2O2S/c1-30(28,29)18-8-6-16(22(25)13-18)14-27-17-7-9-21(24)20(12-17)23-19-5-3-2-4-15(19)10-11-26-23/h2-13,27H,14H2,1H3. The van der Waals surface area contributed by atoms with Crippen molar-refractivity contribution in [1.82, 2.24) is 4.98 Å². The minimum Gasteiger partial charge on any atom is -0.381 e. The fourth-order valence-electron chi connectivity index (χ4n) is 3.25. The molecule has 0 bridgehead atoms. The van der Waals surface area contributed by atoms with Gasteiger partial charge >= 0.3 is 0 Å². The first-order valence-corrected chi connectivity index (χ1v) is 11.8. The van der Waals surface area contributed by atoms with Gasteiger partial charge in [0, 0.05) is 40.7 Å². The zero-order chi connectivity index (χ0) is 21.3. The normalized spacial score (nSPS) is 11.6. The second kappa shape index (κ2) is 8.26. The summed E-state index contributed by atoms with van der Waals surface area (Å²) < 4.78 is 23.4. The van der Waals surface area contributed by atoms with Crippen LogP contribution in [0.3, 0.4) is 0 Å². The third-order valence-corrected chi connectivity index (χ3v) is 6.62. The minimum absolute atomic E-state index is 0.201. The van der Waals surface area contributed by atoms with Crippen molar-refractivity contribution < 1.29 is 8.42 Å². The Morgan fingerprint density at radius 3 is 2.50 bits per heavy atom. The van der Waals surface area contributed by atoms with Crippen LogP contribution in [-0.4, -0.2) is 19.7 Å². The highest BCUT2D eigenvalue weighted by Crippen LogP contribution is 2.34. The van der Waals surface area contributed by atoms with Gasteiger partial charge < -0.3 is 5.32 Å². The third-order valence-electron chi connectivity index (χ3n) is 4.83. The number of hydrogen-bond acceptors (Lipinski definition) is 4. The van der Waals surface area contributed by atoms with Gasteiger partial charge in [0.1, 0.15) is 0 Å². The van der Waals surface area contributed by atoms with Gasteiger partial charge in [-0.2, -0.15) is 0 Å². The minimum atomic E-state index is -3.29. The topological polar surface area (TPSA) is 59.1 Å². The molecule has 30 heavy (non-hydrogen) atoms. The van der Waals surface area contributed by atoms with E-state index < -0.39 is 9.84 Å². The van der Waals surface area contributed by atoms with Gasteiger partial charge in [-0.05, 0) is 47.3 Å². The predicted molar refractivity (Wildman–Crippen MR) is 124 cm³/mol. The summed E-state index contributed by atoms with van der Waals surface area (Å²) in [5.74, 6) is 0. The molecular formula is C23H18Cl2N2O2S. The molecule has 1 aromatic heterocycles. The summed E-state index contributed by atoms with van der Waals surface area (Å²) in [6.07, 6.45) is 2.93. The summed E-state index contributed by atoms with van der Waals surface area (Å²) in [7, 11) is -3.29. The maximum absolute atomic E-state index is 11.7. The maximum atomic E-state index is 11.7. The van der Waals surface area contributed by atoms with E-state index in [0.717, 1.165) is 39.5 Å². The Bertz CT molecular complexity index is 1350.